The Labute approximate surface area is 239 Å². The molecule has 0 bridgehead atoms. The Bertz CT molecular complexity index is 1390. The Kier molecular flexibility index (Phi) is 10.6. The fourth-order valence-electron chi connectivity index (χ4n) is 5.19. The van der Waals surface area contributed by atoms with Crippen LogP contribution in [0.15, 0.2) is 91.0 Å². The van der Waals surface area contributed by atoms with E-state index in [1.807, 2.05) is 30.3 Å². The molecule has 0 aliphatic rings. The number of para-hydroxylation sites is 1. The Morgan fingerprint density at radius 2 is 1.39 bits per heavy atom. The predicted octanol–water partition coefficient (Wildman–Crippen LogP) is 5.57. The fraction of sp³-hybridized carbons (Fsp3) is 0.265. The summed E-state index contributed by atoms with van der Waals surface area (Å²) in [6.07, 6.45) is 2.14. The van der Waals surface area contributed by atoms with Gasteiger partial charge in [-0.25, -0.2) is 4.79 Å². The van der Waals surface area contributed by atoms with E-state index in [9.17, 15) is 30.3 Å². The highest BCUT2D eigenvalue weighted by molar-refractivity contribution is 5.90. The van der Waals surface area contributed by atoms with Crippen LogP contribution in [0.1, 0.15) is 62.7 Å². The Hall–Kier alpha value is -4.01. The monoisotopic (exact) mass is 556 g/mol. The summed E-state index contributed by atoms with van der Waals surface area (Å²) in [7, 11) is 0. The highest BCUT2D eigenvalue weighted by Crippen LogP contribution is 2.33. The van der Waals surface area contributed by atoms with Crippen molar-refractivity contribution in [2.24, 2.45) is 5.92 Å². The van der Waals surface area contributed by atoms with E-state index in [0.29, 0.717) is 34.4 Å². The van der Waals surface area contributed by atoms with Crippen LogP contribution in [0.25, 0.3) is 0 Å². The summed E-state index contributed by atoms with van der Waals surface area (Å²) in [4.78, 5) is 11.5. The number of carboxylic acid groups (broad SMARTS) is 1. The van der Waals surface area contributed by atoms with Gasteiger partial charge in [-0.15, -0.1) is 0 Å². The van der Waals surface area contributed by atoms with Gasteiger partial charge in [0.15, 0.2) is 0 Å². The van der Waals surface area contributed by atoms with E-state index in [0.717, 1.165) is 24.8 Å². The second kappa shape index (κ2) is 14.6. The van der Waals surface area contributed by atoms with Crippen molar-refractivity contribution in [1.82, 2.24) is 0 Å². The van der Waals surface area contributed by atoms with Gasteiger partial charge in [0.25, 0.3) is 0 Å². The number of aryl methyl sites for hydroxylation is 1. The van der Waals surface area contributed by atoms with Crippen LogP contribution >= 0.6 is 0 Å². The van der Waals surface area contributed by atoms with Gasteiger partial charge in [0.1, 0.15) is 17.1 Å². The molecule has 41 heavy (non-hydrogen) atoms. The number of benzene rings is 4. The minimum Gasteiger partial charge on any atom is -0.478 e. The van der Waals surface area contributed by atoms with E-state index in [4.69, 9.17) is 4.74 Å². The van der Waals surface area contributed by atoms with E-state index in [1.54, 1.807) is 42.5 Å². The Balaban J connectivity index is 1.55. The van der Waals surface area contributed by atoms with Crippen LogP contribution in [0.5, 0.6) is 11.5 Å². The van der Waals surface area contributed by atoms with E-state index in [1.165, 1.54) is 11.6 Å². The molecule has 0 radical (unpaired) electrons. The van der Waals surface area contributed by atoms with E-state index < -0.39 is 12.1 Å². The average molecular weight is 557 g/mol. The molecule has 2 atom stereocenters. The molecule has 0 aliphatic heterocycles. The number of aromatic carboxylic acids is 1. The molecule has 0 saturated carbocycles. The molecule has 4 aromatic rings. The summed E-state index contributed by atoms with van der Waals surface area (Å²) in [5.74, 6) is -0.474. The summed E-state index contributed by atoms with van der Waals surface area (Å²) in [6.45, 7) is -0.933. The summed E-state index contributed by atoms with van der Waals surface area (Å²) in [5, 5.41) is 50.5. The van der Waals surface area contributed by atoms with Crippen LogP contribution in [0.4, 0.5) is 0 Å². The van der Waals surface area contributed by atoms with Gasteiger partial charge in [0.2, 0.25) is 0 Å². The van der Waals surface area contributed by atoms with Gasteiger partial charge in [-0.1, -0.05) is 66.7 Å². The number of hydrogen-bond acceptors (Lipinski definition) is 6. The van der Waals surface area contributed by atoms with Crippen molar-refractivity contribution in [3.05, 3.63) is 130 Å². The van der Waals surface area contributed by atoms with E-state index in [2.05, 4.69) is 12.1 Å². The molecule has 0 heterocycles. The van der Waals surface area contributed by atoms with E-state index in [-0.39, 0.29) is 37.1 Å². The first-order valence-electron chi connectivity index (χ1n) is 13.7. The smallest absolute Gasteiger partial charge is 0.339 e. The van der Waals surface area contributed by atoms with Gasteiger partial charge in [-0.3, -0.25) is 0 Å². The van der Waals surface area contributed by atoms with E-state index >= 15 is 0 Å². The summed E-state index contributed by atoms with van der Waals surface area (Å²) < 4.78 is 5.84. The summed E-state index contributed by atoms with van der Waals surface area (Å²) in [5.41, 5.74) is 4.32. The van der Waals surface area contributed by atoms with Crippen LogP contribution in [0.3, 0.4) is 0 Å². The van der Waals surface area contributed by atoms with Crippen LogP contribution in [0, 0.1) is 5.92 Å². The van der Waals surface area contributed by atoms with Gasteiger partial charge in [-0.05, 0) is 89.2 Å². The van der Waals surface area contributed by atoms with Crippen LogP contribution in [0.2, 0.25) is 0 Å². The lowest BCUT2D eigenvalue weighted by molar-refractivity contribution is 0.0694. The van der Waals surface area contributed by atoms with Crippen molar-refractivity contribution in [1.29, 1.82) is 0 Å². The van der Waals surface area contributed by atoms with Crippen LogP contribution < -0.4 is 4.74 Å². The summed E-state index contributed by atoms with van der Waals surface area (Å²) in [6, 6.07) is 27.4. The molecular weight excluding hydrogens is 520 g/mol. The minimum atomic E-state index is -1.06. The molecule has 5 N–H and O–H groups in total. The third-order valence-corrected chi connectivity index (χ3v) is 7.39. The predicted molar refractivity (Wildman–Crippen MR) is 156 cm³/mol. The first-order valence-corrected chi connectivity index (χ1v) is 13.7. The molecule has 0 spiro atoms. The first kappa shape index (κ1) is 30.0. The number of ether oxygens (including phenoxy) is 1. The summed E-state index contributed by atoms with van der Waals surface area (Å²) >= 11 is 0. The molecule has 4 aromatic carbocycles. The van der Waals surface area contributed by atoms with Crippen molar-refractivity contribution >= 4 is 5.97 Å². The lowest BCUT2D eigenvalue weighted by Gasteiger charge is -2.25. The molecule has 0 aliphatic carbocycles. The third kappa shape index (κ3) is 7.80. The molecule has 0 fully saturated rings. The number of aliphatic hydroxyl groups excluding tert-OH is 4. The number of rotatable bonds is 14. The normalized spacial score (nSPS) is 12.6. The van der Waals surface area contributed by atoms with Gasteiger partial charge in [0, 0.05) is 0 Å². The molecule has 7 heteroatoms. The molecule has 214 valence electrons. The zero-order valence-corrected chi connectivity index (χ0v) is 22.8. The molecule has 7 nitrogen and oxygen atoms in total. The molecule has 2 unspecified atom stereocenters. The lowest BCUT2D eigenvalue weighted by atomic mass is 9.84. The maximum atomic E-state index is 11.6. The van der Waals surface area contributed by atoms with Crippen molar-refractivity contribution in [3.8, 4) is 11.5 Å². The van der Waals surface area contributed by atoms with Crippen molar-refractivity contribution in [3.63, 3.8) is 0 Å². The quantitative estimate of drug-likeness (QED) is 0.137. The van der Waals surface area contributed by atoms with Crippen LogP contribution in [-0.4, -0.2) is 31.5 Å². The molecule has 0 saturated heterocycles. The topological polar surface area (TPSA) is 127 Å². The zero-order chi connectivity index (χ0) is 29.2. The minimum absolute atomic E-state index is 0.0786. The number of carboxylic acids is 1. The van der Waals surface area contributed by atoms with Crippen molar-refractivity contribution < 1.29 is 35.1 Å². The van der Waals surface area contributed by atoms with Crippen molar-refractivity contribution in [2.45, 2.75) is 51.6 Å². The SMILES string of the molecule is O=C(O)c1ccccc1Oc1ccc(CC(CCCc2ccccc2)C(O)c2cc(CO)c(CO)c(CO)c2)cc1. The fourth-order valence-corrected chi connectivity index (χ4v) is 5.19. The Morgan fingerprint density at radius 1 is 0.756 bits per heavy atom. The second-order valence-corrected chi connectivity index (χ2v) is 10.1. The Morgan fingerprint density at radius 3 is 2.00 bits per heavy atom. The molecular formula is C34H36O7. The highest BCUT2D eigenvalue weighted by Gasteiger charge is 2.24. The number of carbonyl (C=O) groups is 1. The first-order chi connectivity index (χ1) is 19.9. The third-order valence-electron chi connectivity index (χ3n) is 7.39. The van der Waals surface area contributed by atoms with Crippen molar-refractivity contribution in [2.75, 3.05) is 0 Å². The zero-order valence-electron chi connectivity index (χ0n) is 22.8. The highest BCUT2D eigenvalue weighted by atomic mass is 16.5. The molecule has 0 aromatic heterocycles. The molecule has 0 amide bonds. The van der Waals surface area contributed by atoms with Gasteiger partial charge in [0.05, 0.1) is 25.9 Å². The lowest BCUT2D eigenvalue weighted by Crippen LogP contribution is -2.17. The largest absolute Gasteiger partial charge is 0.478 e. The maximum absolute atomic E-state index is 11.6. The average Bonchev–Trinajstić information content (AvgIpc) is 3.01. The number of aliphatic hydroxyl groups is 4. The molecule has 4 rings (SSSR count). The second-order valence-electron chi connectivity index (χ2n) is 10.1. The van der Waals surface area contributed by atoms with Crippen LogP contribution in [-0.2, 0) is 32.7 Å². The van der Waals surface area contributed by atoms with Gasteiger partial charge >= 0.3 is 5.97 Å². The van der Waals surface area contributed by atoms with Gasteiger partial charge < -0.3 is 30.3 Å². The van der Waals surface area contributed by atoms with Gasteiger partial charge in [-0.2, -0.15) is 0 Å². The number of hydrogen-bond donors (Lipinski definition) is 5. The standard InChI is InChI=1S/C34H36O7/c35-20-27-18-26(19-28(21-36)31(27)22-37)33(38)25(10-6-9-23-7-2-1-3-8-23)17-24-13-15-29(16-14-24)41-32-12-5-4-11-30(32)34(39)40/h1-5,7-8,11-16,18-19,25,33,35-38H,6,9-10,17,20-22H2,(H,39,40). The maximum Gasteiger partial charge on any atom is 0.339 e.